The molecular formula is C31H35F2N5O4. The van der Waals surface area contributed by atoms with E-state index < -0.39 is 22.5 Å². The summed E-state index contributed by atoms with van der Waals surface area (Å²) in [5.41, 5.74) is 4.06. The standard InChI is InChI=1S/C31H35F2N5O4/c1-7-18-16-21-19(11-13-23(41-6)37(21)17-18)27-31(4,5)29(40)38(36-27)14-8-9-15-42-22-12-10-20(24(32)25(22)33)26-30(2,3)28(39)35-34-26/h10-13,16-17H,7-9,14-15H2,1-6H3,(H,35,39). The van der Waals surface area contributed by atoms with E-state index in [0.717, 1.165) is 23.1 Å². The van der Waals surface area contributed by atoms with Gasteiger partial charge in [0.15, 0.2) is 17.4 Å². The van der Waals surface area contributed by atoms with Gasteiger partial charge < -0.3 is 9.47 Å². The summed E-state index contributed by atoms with van der Waals surface area (Å²) in [6.45, 7) is 9.48. The summed E-state index contributed by atoms with van der Waals surface area (Å²) in [4.78, 5) is 25.3. The van der Waals surface area contributed by atoms with Crippen LogP contribution in [0.4, 0.5) is 8.78 Å². The summed E-state index contributed by atoms with van der Waals surface area (Å²) < 4.78 is 42.7. The molecule has 0 bridgehead atoms. The van der Waals surface area contributed by atoms with Crippen LogP contribution in [0.25, 0.3) is 5.52 Å². The maximum Gasteiger partial charge on any atom is 0.254 e. The van der Waals surface area contributed by atoms with Crippen LogP contribution in [0.2, 0.25) is 0 Å². The normalized spacial score (nSPS) is 17.5. The smallest absolute Gasteiger partial charge is 0.254 e. The summed E-state index contributed by atoms with van der Waals surface area (Å²) in [7, 11) is 1.62. The second kappa shape index (κ2) is 10.8. The lowest BCUT2D eigenvalue weighted by Crippen LogP contribution is -2.35. The van der Waals surface area contributed by atoms with Gasteiger partial charge in [-0.25, -0.2) is 14.8 Å². The molecule has 42 heavy (non-hydrogen) atoms. The molecule has 4 heterocycles. The van der Waals surface area contributed by atoms with Crippen LogP contribution in [0, 0.1) is 22.5 Å². The van der Waals surface area contributed by atoms with Crippen molar-refractivity contribution < 1.29 is 27.8 Å². The fraction of sp³-hybridized carbons (Fsp3) is 0.419. The Hall–Kier alpha value is -4.28. The lowest BCUT2D eigenvalue weighted by Gasteiger charge is -2.20. The molecule has 0 unspecified atom stereocenters. The van der Waals surface area contributed by atoms with Crippen LogP contribution in [-0.2, 0) is 16.0 Å². The molecule has 2 aromatic heterocycles. The third kappa shape index (κ3) is 4.80. The van der Waals surface area contributed by atoms with Gasteiger partial charge in [-0.1, -0.05) is 6.92 Å². The number of rotatable bonds is 10. The van der Waals surface area contributed by atoms with E-state index in [1.54, 1.807) is 21.0 Å². The highest BCUT2D eigenvalue weighted by molar-refractivity contribution is 6.21. The highest BCUT2D eigenvalue weighted by Crippen LogP contribution is 2.36. The number of carbonyl (C=O) groups excluding carboxylic acids is 2. The summed E-state index contributed by atoms with van der Waals surface area (Å²) in [6.07, 6.45) is 3.92. The Morgan fingerprint density at radius 3 is 2.36 bits per heavy atom. The first-order valence-electron chi connectivity index (χ1n) is 14.0. The van der Waals surface area contributed by atoms with Crippen molar-refractivity contribution in [1.82, 2.24) is 14.8 Å². The predicted molar refractivity (Wildman–Crippen MR) is 155 cm³/mol. The van der Waals surface area contributed by atoms with Crippen molar-refractivity contribution in [3.05, 3.63) is 64.9 Å². The van der Waals surface area contributed by atoms with Gasteiger partial charge in [-0.15, -0.1) is 0 Å². The number of ether oxygens (including phenoxy) is 2. The van der Waals surface area contributed by atoms with Gasteiger partial charge in [0.05, 0.1) is 41.5 Å². The Balaban J connectivity index is 1.24. The minimum absolute atomic E-state index is 0.0905. The molecule has 9 nitrogen and oxygen atoms in total. The van der Waals surface area contributed by atoms with Gasteiger partial charge in [-0.3, -0.25) is 14.0 Å². The molecule has 0 spiro atoms. The van der Waals surface area contributed by atoms with E-state index in [2.05, 4.69) is 23.5 Å². The Kier molecular flexibility index (Phi) is 7.55. The number of aromatic nitrogens is 1. The third-order valence-electron chi connectivity index (χ3n) is 7.99. The molecule has 3 aromatic rings. The van der Waals surface area contributed by atoms with Gasteiger partial charge in [-0.2, -0.15) is 14.6 Å². The van der Waals surface area contributed by atoms with Crippen molar-refractivity contribution in [3.8, 4) is 11.6 Å². The van der Waals surface area contributed by atoms with Crippen LogP contribution in [0.3, 0.4) is 0 Å². The van der Waals surface area contributed by atoms with E-state index in [1.165, 1.54) is 17.1 Å². The summed E-state index contributed by atoms with van der Waals surface area (Å²) in [5.74, 6) is -2.29. The average molecular weight is 580 g/mol. The first-order valence-corrected chi connectivity index (χ1v) is 14.0. The van der Waals surface area contributed by atoms with Crippen molar-refractivity contribution in [1.29, 1.82) is 0 Å². The van der Waals surface area contributed by atoms with E-state index in [0.29, 0.717) is 31.0 Å². The molecule has 0 saturated heterocycles. The molecule has 2 aliphatic heterocycles. The number of pyridine rings is 1. The number of nitrogens with zero attached hydrogens (tertiary/aromatic N) is 4. The highest BCUT2D eigenvalue weighted by Gasteiger charge is 2.44. The monoisotopic (exact) mass is 579 g/mol. The number of hydrazone groups is 2. The number of methoxy groups -OCH3 is 1. The van der Waals surface area contributed by atoms with Gasteiger partial charge in [-0.05, 0) is 82.9 Å². The van der Waals surface area contributed by atoms with Crippen LogP contribution < -0.4 is 14.9 Å². The molecule has 5 rings (SSSR count). The number of carbonyl (C=O) groups is 2. The van der Waals surface area contributed by atoms with E-state index in [1.807, 2.05) is 36.6 Å². The molecule has 11 heteroatoms. The highest BCUT2D eigenvalue weighted by atomic mass is 19.2. The molecule has 2 aliphatic rings. The molecule has 1 aromatic carbocycles. The lowest BCUT2D eigenvalue weighted by atomic mass is 9.83. The van der Waals surface area contributed by atoms with Crippen molar-refractivity contribution in [2.24, 2.45) is 21.0 Å². The second-order valence-corrected chi connectivity index (χ2v) is 11.6. The minimum atomic E-state index is -1.14. The maximum atomic E-state index is 14.9. The zero-order valence-corrected chi connectivity index (χ0v) is 24.7. The fourth-order valence-electron chi connectivity index (χ4n) is 5.31. The summed E-state index contributed by atoms with van der Waals surface area (Å²) >= 11 is 0. The number of nitrogens with one attached hydrogen (secondary N) is 1. The number of fused-ring (bicyclic) bond motifs is 1. The molecular weight excluding hydrogens is 544 g/mol. The van der Waals surface area contributed by atoms with Crippen molar-refractivity contribution >= 4 is 28.8 Å². The van der Waals surface area contributed by atoms with Gasteiger partial charge in [0.25, 0.3) is 11.8 Å². The molecule has 222 valence electrons. The summed E-state index contributed by atoms with van der Waals surface area (Å²) in [6, 6.07) is 8.60. The number of amides is 2. The number of unbranched alkanes of at least 4 members (excludes halogenated alkanes) is 1. The Labute approximate surface area is 243 Å². The molecule has 0 saturated carbocycles. The van der Waals surface area contributed by atoms with E-state index >= 15 is 0 Å². The zero-order chi connectivity index (χ0) is 30.4. The summed E-state index contributed by atoms with van der Waals surface area (Å²) in [5, 5.41) is 10.1. The molecule has 0 aliphatic carbocycles. The predicted octanol–water partition coefficient (Wildman–Crippen LogP) is 5.08. The number of hydrogen-bond acceptors (Lipinski definition) is 6. The van der Waals surface area contributed by atoms with Crippen LogP contribution >= 0.6 is 0 Å². The van der Waals surface area contributed by atoms with Crippen LogP contribution in [0.5, 0.6) is 11.6 Å². The van der Waals surface area contributed by atoms with Crippen LogP contribution in [0.1, 0.15) is 64.2 Å². The van der Waals surface area contributed by atoms with Crippen molar-refractivity contribution in [3.63, 3.8) is 0 Å². The van der Waals surface area contributed by atoms with E-state index in [9.17, 15) is 18.4 Å². The third-order valence-corrected chi connectivity index (χ3v) is 7.99. The Morgan fingerprint density at radius 1 is 0.952 bits per heavy atom. The topological polar surface area (TPSA) is 97.0 Å². The Morgan fingerprint density at radius 2 is 1.69 bits per heavy atom. The zero-order valence-electron chi connectivity index (χ0n) is 24.7. The van der Waals surface area contributed by atoms with Crippen LogP contribution in [-0.4, -0.2) is 52.9 Å². The molecule has 2 amide bonds. The van der Waals surface area contributed by atoms with Crippen molar-refractivity contribution in [2.45, 2.75) is 53.9 Å². The Bertz CT molecular complexity index is 1640. The molecule has 1 N–H and O–H groups in total. The van der Waals surface area contributed by atoms with Crippen LogP contribution in [0.15, 0.2) is 46.7 Å². The van der Waals surface area contributed by atoms with Gasteiger partial charge >= 0.3 is 0 Å². The first-order chi connectivity index (χ1) is 19.9. The molecule has 0 atom stereocenters. The van der Waals surface area contributed by atoms with Gasteiger partial charge in [0, 0.05) is 23.9 Å². The minimum Gasteiger partial charge on any atom is -0.490 e. The molecule has 0 fully saturated rings. The maximum absolute atomic E-state index is 14.9. The van der Waals surface area contributed by atoms with Gasteiger partial charge in [0.1, 0.15) is 0 Å². The number of benzene rings is 1. The van der Waals surface area contributed by atoms with Crippen molar-refractivity contribution in [2.75, 3.05) is 20.3 Å². The fourth-order valence-corrected chi connectivity index (χ4v) is 5.31. The largest absolute Gasteiger partial charge is 0.490 e. The lowest BCUT2D eigenvalue weighted by molar-refractivity contribution is -0.135. The molecule has 0 radical (unpaired) electrons. The first kappa shape index (κ1) is 29.2. The number of hydrogen-bond donors (Lipinski definition) is 1. The number of aryl methyl sites for hydroxylation is 1. The average Bonchev–Trinajstić information content (AvgIpc) is 3.58. The van der Waals surface area contributed by atoms with Gasteiger partial charge in [0.2, 0.25) is 5.82 Å². The second-order valence-electron chi connectivity index (χ2n) is 11.6. The number of halogens is 2. The quantitative estimate of drug-likeness (QED) is 0.339. The SMILES string of the molecule is CCc1cc2c(C3=NN(CCCCOc4ccc(C5=NNC(=O)C5(C)C)c(F)c4F)C(=O)C3(C)C)ccc(OC)n2c1. The van der Waals surface area contributed by atoms with E-state index in [-0.39, 0.29) is 35.4 Å². The van der Waals surface area contributed by atoms with E-state index in [4.69, 9.17) is 14.6 Å².